The van der Waals surface area contributed by atoms with Crippen molar-refractivity contribution in [1.29, 1.82) is 0 Å². The molecule has 0 saturated carbocycles. The molecule has 0 N–H and O–H groups in total. The Kier molecular flexibility index (Phi) is 2.77. The number of halogens is 1. The molecule has 0 fully saturated rings. The molecule has 1 aromatic heterocycles. The molecule has 3 aromatic rings. The highest BCUT2D eigenvalue weighted by atomic mass is 35.5. The lowest BCUT2D eigenvalue weighted by Gasteiger charge is -2.09. The van der Waals surface area contributed by atoms with Crippen molar-refractivity contribution < 1.29 is 0 Å². The van der Waals surface area contributed by atoms with E-state index in [0.29, 0.717) is 5.15 Å². The molecule has 0 bridgehead atoms. The van der Waals surface area contributed by atoms with E-state index in [1.807, 2.05) is 12.1 Å². The van der Waals surface area contributed by atoms with Gasteiger partial charge in [-0.3, -0.25) is 0 Å². The third-order valence-electron chi connectivity index (χ3n) is 3.15. The van der Waals surface area contributed by atoms with Gasteiger partial charge in [0.15, 0.2) is 0 Å². The first-order chi connectivity index (χ1) is 8.75. The second-order valence-electron chi connectivity index (χ2n) is 4.36. The van der Waals surface area contributed by atoms with E-state index < -0.39 is 0 Å². The quantitative estimate of drug-likeness (QED) is 0.564. The number of rotatable bonds is 1. The van der Waals surface area contributed by atoms with Gasteiger partial charge in [0.05, 0.1) is 0 Å². The van der Waals surface area contributed by atoms with Crippen LogP contribution in [0.4, 0.5) is 0 Å². The highest BCUT2D eigenvalue weighted by molar-refractivity contribution is 6.34. The van der Waals surface area contributed by atoms with E-state index in [1.54, 1.807) is 6.20 Å². The van der Waals surface area contributed by atoms with Crippen LogP contribution >= 0.6 is 11.6 Å². The monoisotopic (exact) mass is 253 g/mol. The average Bonchev–Trinajstić information content (AvgIpc) is 2.40. The van der Waals surface area contributed by atoms with E-state index in [0.717, 1.165) is 10.8 Å². The number of pyridine rings is 1. The fourth-order valence-corrected chi connectivity index (χ4v) is 2.44. The van der Waals surface area contributed by atoms with Crippen LogP contribution in [0.5, 0.6) is 0 Å². The normalized spacial score (nSPS) is 10.8. The molecule has 0 unspecified atom stereocenters. The lowest BCUT2D eigenvalue weighted by Crippen LogP contribution is -1.86. The fraction of sp³-hybridized carbons (Fsp3) is 0.0625. The summed E-state index contributed by atoms with van der Waals surface area (Å²) in [6.07, 6.45) is 1.74. The van der Waals surface area contributed by atoms with E-state index >= 15 is 0 Å². The number of nitrogens with zero attached hydrogens (tertiary/aromatic N) is 1. The summed E-state index contributed by atoms with van der Waals surface area (Å²) < 4.78 is 0. The second kappa shape index (κ2) is 4.43. The molecule has 0 amide bonds. The average molecular weight is 254 g/mol. The summed E-state index contributed by atoms with van der Waals surface area (Å²) in [6.45, 7) is 2.10. The predicted octanol–water partition coefficient (Wildman–Crippen LogP) is 4.86. The van der Waals surface area contributed by atoms with Crippen molar-refractivity contribution in [2.45, 2.75) is 6.92 Å². The highest BCUT2D eigenvalue weighted by Crippen LogP contribution is 2.30. The van der Waals surface area contributed by atoms with Crippen LogP contribution in [0.3, 0.4) is 0 Å². The Hall–Kier alpha value is -1.86. The summed E-state index contributed by atoms with van der Waals surface area (Å²) in [4.78, 5) is 4.12. The minimum atomic E-state index is 0.565. The Morgan fingerprint density at radius 1 is 1.00 bits per heavy atom. The van der Waals surface area contributed by atoms with Gasteiger partial charge in [0.1, 0.15) is 5.15 Å². The Bertz CT molecular complexity index is 705. The Morgan fingerprint density at radius 2 is 1.78 bits per heavy atom. The van der Waals surface area contributed by atoms with Crippen LogP contribution in [-0.4, -0.2) is 4.98 Å². The topological polar surface area (TPSA) is 12.9 Å². The van der Waals surface area contributed by atoms with Crippen LogP contribution in [0.1, 0.15) is 5.56 Å². The van der Waals surface area contributed by atoms with Gasteiger partial charge in [-0.2, -0.15) is 0 Å². The Balaban J connectivity index is 2.29. The number of hydrogen-bond acceptors (Lipinski definition) is 1. The van der Waals surface area contributed by atoms with Gasteiger partial charge >= 0.3 is 0 Å². The number of aromatic nitrogens is 1. The molecule has 0 spiro atoms. The summed E-state index contributed by atoms with van der Waals surface area (Å²) in [5.41, 5.74) is 3.68. The number of fused-ring (bicyclic) bond motifs is 1. The van der Waals surface area contributed by atoms with Crippen molar-refractivity contribution in [1.82, 2.24) is 4.98 Å². The van der Waals surface area contributed by atoms with Crippen LogP contribution in [0.15, 0.2) is 54.7 Å². The van der Waals surface area contributed by atoms with E-state index in [1.165, 1.54) is 16.7 Å². The van der Waals surface area contributed by atoms with Gasteiger partial charge in [0.25, 0.3) is 0 Å². The van der Waals surface area contributed by atoms with Gasteiger partial charge in [-0.25, -0.2) is 4.98 Å². The summed E-state index contributed by atoms with van der Waals surface area (Å²) in [6, 6.07) is 16.7. The molecule has 0 aliphatic heterocycles. The molecule has 0 radical (unpaired) electrons. The number of benzene rings is 2. The maximum absolute atomic E-state index is 6.12. The molecule has 2 heteroatoms. The van der Waals surface area contributed by atoms with E-state index in [9.17, 15) is 0 Å². The molecule has 1 nitrogen and oxygen atoms in total. The van der Waals surface area contributed by atoms with Crippen LogP contribution < -0.4 is 0 Å². The molecular formula is C16H12ClN. The van der Waals surface area contributed by atoms with Crippen molar-refractivity contribution >= 4 is 22.4 Å². The lowest BCUT2D eigenvalue weighted by molar-refractivity contribution is 1.36. The molecule has 88 valence electrons. The van der Waals surface area contributed by atoms with Crippen molar-refractivity contribution in [3.63, 3.8) is 0 Å². The first-order valence-electron chi connectivity index (χ1n) is 5.86. The molecule has 3 rings (SSSR count). The van der Waals surface area contributed by atoms with Crippen LogP contribution in [0, 0.1) is 6.92 Å². The van der Waals surface area contributed by atoms with Gasteiger partial charge in [0.2, 0.25) is 0 Å². The predicted molar refractivity (Wildman–Crippen MR) is 76.9 cm³/mol. The van der Waals surface area contributed by atoms with Gasteiger partial charge in [-0.15, -0.1) is 0 Å². The van der Waals surface area contributed by atoms with E-state index in [-0.39, 0.29) is 0 Å². The standard InChI is InChI=1S/C16H12ClN/c1-11-9-15-13(7-8-18-16(15)17)10-14(11)12-5-3-2-4-6-12/h2-10H,1H3. The maximum atomic E-state index is 6.12. The molecule has 2 aromatic carbocycles. The zero-order valence-electron chi connectivity index (χ0n) is 10.0. The molecule has 0 atom stereocenters. The van der Waals surface area contributed by atoms with Crippen molar-refractivity contribution in [3.8, 4) is 11.1 Å². The second-order valence-corrected chi connectivity index (χ2v) is 4.71. The first kappa shape index (κ1) is 11.2. The Morgan fingerprint density at radius 3 is 2.56 bits per heavy atom. The molecule has 18 heavy (non-hydrogen) atoms. The van der Waals surface area contributed by atoms with E-state index in [4.69, 9.17) is 11.6 Å². The number of hydrogen-bond donors (Lipinski definition) is 0. The molecule has 0 aliphatic rings. The van der Waals surface area contributed by atoms with Crippen molar-refractivity contribution in [3.05, 3.63) is 65.4 Å². The molecule has 1 heterocycles. The third kappa shape index (κ3) is 1.87. The van der Waals surface area contributed by atoms with Crippen LogP contribution in [-0.2, 0) is 0 Å². The van der Waals surface area contributed by atoms with Gasteiger partial charge in [-0.1, -0.05) is 41.9 Å². The Labute approximate surface area is 111 Å². The molecule has 0 saturated heterocycles. The largest absolute Gasteiger partial charge is 0.244 e. The summed E-state index contributed by atoms with van der Waals surface area (Å²) >= 11 is 6.12. The van der Waals surface area contributed by atoms with Gasteiger partial charge < -0.3 is 0 Å². The summed E-state index contributed by atoms with van der Waals surface area (Å²) in [7, 11) is 0. The number of aryl methyl sites for hydroxylation is 1. The van der Waals surface area contributed by atoms with Crippen LogP contribution in [0.2, 0.25) is 5.15 Å². The zero-order valence-corrected chi connectivity index (χ0v) is 10.8. The fourth-order valence-electron chi connectivity index (χ4n) is 2.22. The smallest absolute Gasteiger partial charge is 0.136 e. The zero-order chi connectivity index (χ0) is 12.5. The third-order valence-corrected chi connectivity index (χ3v) is 3.45. The van der Waals surface area contributed by atoms with Crippen LogP contribution in [0.25, 0.3) is 21.9 Å². The highest BCUT2D eigenvalue weighted by Gasteiger charge is 2.06. The van der Waals surface area contributed by atoms with Gasteiger partial charge in [0, 0.05) is 11.6 Å². The van der Waals surface area contributed by atoms with E-state index in [2.05, 4.69) is 48.3 Å². The minimum Gasteiger partial charge on any atom is -0.244 e. The first-order valence-corrected chi connectivity index (χ1v) is 6.24. The SMILES string of the molecule is Cc1cc2c(Cl)nccc2cc1-c1ccccc1. The summed E-state index contributed by atoms with van der Waals surface area (Å²) in [5.74, 6) is 0. The van der Waals surface area contributed by atoms with Gasteiger partial charge in [-0.05, 0) is 47.2 Å². The lowest BCUT2D eigenvalue weighted by atomic mass is 9.97. The molecular weight excluding hydrogens is 242 g/mol. The van der Waals surface area contributed by atoms with Crippen molar-refractivity contribution in [2.24, 2.45) is 0 Å². The van der Waals surface area contributed by atoms with Crippen molar-refractivity contribution in [2.75, 3.05) is 0 Å². The molecule has 0 aliphatic carbocycles. The maximum Gasteiger partial charge on any atom is 0.136 e. The minimum absolute atomic E-state index is 0.565. The summed E-state index contributed by atoms with van der Waals surface area (Å²) in [5, 5.41) is 2.70.